The van der Waals surface area contributed by atoms with E-state index in [0.29, 0.717) is 11.5 Å². The molecular weight excluding hydrogens is 347 g/mol. The minimum absolute atomic E-state index is 0.141. The van der Waals surface area contributed by atoms with E-state index in [-0.39, 0.29) is 18.3 Å². The summed E-state index contributed by atoms with van der Waals surface area (Å²) in [6.45, 7) is 4.80. The Morgan fingerprint density at radius 2 is 2.12 bits per heavy atom. The van der Waals surface area contributed by atoms with E-state index in [4.69, 9.17) is 8.71 Å². The van der Waals surface area contributed by atoms with Gasteiger partial charge in [-0.1, -0.05) is 12.1 Å². The maximum atomic E-state index is 13.3. The summed E-state index contributed by atoms with van der Waals surface area (Å²) in [4.78, 5) is 2.31. The van der Waals surface area contributed by atoms with Crippen molar-refractivity contribution in [1.29, 1.82) is 0 Å². The number of aromatic nitrogens is 1. The summed E-state index contributed by atoms with van der Waals surface area (Å²) in [6.07, 6.45) is 2.96. The molecule has 2 aromatic rings. The third-order valence-electron chi connectivity index (χ3n) is 4.57. The van der Waals surface area contributed by atoms with Crippen LogP contribution in [-0.2, 0) is 14.3 Å². The lowest BCUT2D eigenvalue weighted by Gasteiger charge is -2.32. The maximum absolute atomic E-state index is 13.3. The first kappa shape index (κ1) is 18.3. The Labute approximate surface area is 147 Å². The van der Waals surface area contributed by atoms with Crippen LogP contribution in [0.2, 0.25) is 0 Å². The van der Waals surface area contributed by atoms with E-state index in [1.54, 1.807) is 6.07 Å². The van der Waals surface area contributed by atoms with Gasteiger partial charge in [0.15, 0.2) is 5.58 Å². The highest BCUT2D eigenvalue weighted by Gasteiger charge is 2.26. The molecule has 1 saturated heterocycles. The second-order valence-electron chi connectivity index (χ2n) is 6.88. The molecule has 2 heterocycles. The number of fused-ring (bicyclic) bond motifs is 1. The van der Waals surface area contributed by atoms with Crippen molar-refractivity contribution in [3.63, 3.8) is 0 Å². The van der Waals surface area contributed by atoms with Gasteiger partial charge in [-0.05, 0) is 44.0 Å². The van der Waals surface area contributed by atoms with Crippen molar-refractivity contribution in [3.8, 4) is 0 Å². The van der Waals surface area contributed by atoms with Crippen molar-refractivity contribution in [2.75, 3.05) is 32.5 Å². The van der Waals surface area contributed by atoms with E-state index < -0.39 is 10.1 Å². The Morgan fingerprint density at radius 1 is 1.40 bits per heavy atom. The quantitative estimate of drug-likeness (QED) is 0.728. The Balaban J connectivity index is 1.54. The lowest BCUT2D eigenvalue weighted by molar-refractivity contribution is 0.158. The van der Waals surface area contributed by atoms with Gasteiger partial charge in [-0.25, -0.2) is 4.39 Å². The molecule has 1 aliphatic heterocycles. The molecule has 0 aliphatic carbocycles. The molecule has 1 fully saturated rings. The molecule has 8 heteroatoms. The lowest BCUT2D eigenvalue weighted by atomic mass is 9.91. The molecule has 6 nitrogen and oxygen atoms in total. The second kappa shape index (κ2) is 7.39. The highest BCUT2D eigenvalue weighted by atomic mass is 32.2. The number of hydrogen-bond acceptors (Lipinski definition) is 6. The van der Waals surface area contributed by atoms with Crippen molar-refractivity contribution >= 4 is 21.1 Å². The Morgan fingerprint density at radius 3 is 2.80 bits per heavy atom. The molecule has 138 valence electrons. The van der Waals surface area contributed by atoms with Gasteiger partial charge in [0.2, 0.25) is 0 Å². The predicted molar refractivity (Wildman–Crippen MR) is 92.3 cm³/mol. The summed E-state index contributed by atoms with van der Waals surface area (Å²) in [5.74, 6) is 0.114. The smallest absolute Gasteiger partial charge is 0.264 e. The standard InChI is InChI=1S/C17H23FN2O4S/c1-12(11-23-25(2,21)22)10-20-7-5-13(6-8-20)17-15-4-3-14(18)9-16(15)24-19-17/h3-4,9,12-13H,5-8,10-11H2,1-2H3. The van der Waals surface area contributed by atoms with Gasteiger partial charge < -0.3 is 9.42 Å². The molecule has 0 bridgehead atoms. The SMILES string of the molecule is CC(COS(C)(=O)=O)CN1CCC(c2noc3cc(F)ccc23)CC1. The molecule has 0 spiro atoms. The summed E-state index contributed by atoms with van der Waals surface area (Å²) in [6, 6.07) is 4.53. The van der Waals surface area contributed by atoms with E-state index in [1.165, 1.54) is 12.1 Å². The fourth-order valence-electron chi connectivity index (χ4n) is 3.35. The van der Waals surface area contributed by atoms with E-state index in [0.717, 1.165) is 49.8 Å². The molecule has 3 rings (SSSR count). The largest absolute Gasteiger partial charge is 0.356 e. The zero-order chi connectivity index (χ0) is 18.0. The van der Waals surface area contributed by atoms with Gasteiger partial charge in [-0.3, -0.25) is 4.18 Å². The van der Waals surface area contributed by atoms with Crippen LogP contribution >= 0.6 is 0 Å². The average molecular weight is 370 g/mol. The molecule has 0 amide bonds. The summed E-state index contributed by atoms with van der Waals surface area (Å²) < 4.78 is 45.5. The third kappa shape index (κ3) is 4.77. The second-order valence-corrected chi connectivity index (χ2v) is 8.52. The van der Waals surface area contributed by atoms with Crippen molar-refractivity contribution in [3.05, 3.63) is 29.7 Å². The van der Waals surface area contributed by atoms with E-state index >= 15 is 0 Å². The molecule has 0 radical (unpaired) electrons. The van der Waals surface area contributed by atoms with Crippen LogP contribution in [0.25, 0.3) is 11.0 Å². The fourth-order valence-corrected chi connectivity index (χ4v) is 3.83. The first-order valence-corrected chi connectivity index (χ1v) is 10.2. The van der Waals surface area contributed by atoms with Gasteiger partial charge in [-0.2, -0.15) is 8.42 Å². The minimum Gasteiger partial charge on any atom is -0.356 e. The number of piperidine rings is 1. The molecule has 25 heavy (non-hydrogen) atoms. The average Bonchev–Trinajstić information content (AvgIpc) is 2.96. The normalized spacial score (nSPS) is 18.7. The number of halogens is 1. The first-order chi connectivity index (χ1) is 11.8. The van der Waals surface area contributed by atoms with Gasteiger partial charge in [0, 0.05) is 23.9 Å². The monoisotopic (exact) mass is 370 g/mol. The van der Waals surface area contributed by atoms with Crippen LogP contribution in [0.15, 0.2) is 22.7 Å². The Hall–Kier alpha value is -1.51. The van der Waals surface area contributed by atoms with Crippen molar-refractivity contribution < 1.29 is 21.5 Å². The van der Waals surface area contributed by atoms with E-state index in [9.17, 15) is 12.8 Å². The highest BCUT2D eigenvalue weighted by Crippen LogP contribution is 2.32. The highest BCUT2D eigenvalue weighted by molar-refractivity contribution is 7.85. The summed E-state index contributed by atoms with van der Waals surface area (Å²) in [5.41, 5.74) is 1.40. The van der Waals surface area contributed by atoms with Crippen LogP contribution in [0.1, 0.15) is 31.4 Å². The van der Waals surface area contributed by atoms with Gasteiger partial charge in [0.05, 0.1) is 18.6 Å². The number of hydrogen-bond donors (Lipinski definition) is 0. The predicted octanol–water partition coefficient (Wildman–Crippen LogP) is 2.76. The van der Waals surface area contributed by atoms with Crippen LogP contribution in [-0.4, -0.2) is 51.0 Å². The zero-order valence-corrected chi connectivity index (χ0v) is 15.3. The Bertz CT molecular complexity index is 828. The van der Waals surface area contributed by atoms with Crippen LogP contribution in [0.4, 0.5) is 4.39 Å². The molecule has 1 aromatic heterocycles. The first-order valence-electron chi connectivity index (χ1n) is 8.43. The van der Waals surface area contributed by atoms with Crippen molar-refractivity contribution in [1.82, 2.24) is 10.1 Å². The van der Waals surface area contributed by atoms with Crippen LogP contribution in [0.5, 0.6) is 0 Å². The lowest BCUT2D eigenvalue weighted by Crippen LogP contribution is -2.37. The molecule has 1 unspecified atom stereocenters. The minimum atomic E-state index is -3.39. The van der Waals surface area contributed by atoms with Crippen LogP contribution in [0, 0.1) is 11.7 Å². The number of benzene rings is 1. The molecular formula is C17H23FN2O4S. The maximum Gasteiger partial charge on any atom is 0.264 e. The van der Waals surface area contributed by atoms with Gasteiger partial charge >= 0.3 is 0 Å². The topological polar surface area (TPSA) is 72.6 Å². The Kier molecular flexibility index (Phi) is 5.41. The van der Waals surface area contributed by atoms with E-state index in [2.05, 4.69) is 10.1 Å². The molecule has 1 aliphatic rings. The third-order valence-corrected chi connectivity index (χ3v) is 5.14. The molecule has 1 atom stereocenters. The number of likely N-dealkylation sites (tertiary alicyclic amines) is 1. The number of nitrogens with zero attached hydrogens (tertiary/aromatic N) is 2. The van der Waals surface area contributed by atoms with Gasteiger partial charge in [0.1, 0.15) is 5.82 Å². The van der Waals surface area contributed by atoms with E-state index in [1.807, 2.05) is 6.92 Å². The molecule has 0 saturated carbocycles. The summed E-state index contributed by atoms with van der Waals surface area (Å²) in [5, 5.41) is 5.04. The number of rotatable bonds is 6. The van der Waals surface area contributed by atoms with Crippen LogP contribution in [0.3, 0.4) is 0 Å². The summed E-state index contributed by atoms with van der Waals surface area (Å²) in [7, 11) is -3.39. The van der Waals surface area contributed by atoms with Gasteiger partial charge in [0.25, 0.3) is 10.1 Å². The van der Waals surface area contributed by atoms with Gasteiger partial charge in [-0.15, -0.1) is 0 Å². The molecule has 1 aromatic carbocycles. The summed E-state index contributed by atoms with van der Waals surface area (Å²) >= 11 is 0. The van der Waals surface area contributed by atoms with Crippen LogP contribution < -0.4 is 0 Å². The zero-order valence-electron chi connectivity index (χ0n) is 14.4. The molecule has 0 N–H and O–H groups in total. The van der Waals surface area contributed by atoms with Crippen molar-refractivity contribution in [2.45, 2.75) is 25.7 Å². The fraction of sp³-hybridized carbons (Fsp3) is 0.588. The van der Waals surface area contributed by atoms with Crippen molar-refractivity contribution in [2.24, 2.45) is 5.92 Å².